The molecule has 3 rings (SSSR count). The minimum atomic E-state index is 0.184. The third-order valence-electron chi connectivity index (χ3n) is 3.49. The van der Waals surface area contributed by atoms with E-state index in [1.165, 1.54) is 0 Å². The van der Waals surface area contributed by atoms with E-state index in [9.17, 15) is 5.11 Å². The number of aromatic hydroxyl groups is 1. The Hall–Kier alpha value is -2.43. The average Bonchev–Trinajstić information content (AvgIpc) is 2.97. The summed E-state index contributed by atoms with van der Waals surface area (Å²) in [7, 11) is 1.83. The van der Waals surface area contributed by atoms with E-state index in [4.69, 9.17) is 0 Å². The van der Waals surface area contributed by atoms with E-state index in [2.05, 4.69) is 28.8 Å². The van der Waals surface area contributed by atoms with Crippen LogP contribution < -0.4 is 0 Å². The molecule has 5 heteroatoms. The van der Waals surface area contributed by atoms with E-state index >= 15 is 0 Å². The van der Waals surface area contributed by atoms with Gasteiger partial charge >= 0.3 is 0 Å². The fourth-order valence-corrected chi connectivity index (χ4v) is 2.39. The van der Waals surface area contributed by atoms with Gasteiger partial charge in [0, 0.05) is 37.0 Å². The first-order valence-corrected chi connectivity index (χ1v) is 7.02. The second-order valence-electron chi connectivity index (χ2n) is 5.63. The lowest BCUT2D eigenvalue weighted by atomic mass is 10.1. The zero-order valence-corrected chi connectivity index (χ0v) is 12.4. The Morgan fingerprint density at radius 2 is 2.19 bits per heavy atom. The van der Waals surface area contributed by atoms with Crippen LogP contribution in [0.5, 0.6) is 5.88 Å². The zero-order valence-electron chi connectivity index (χ0n) is 12.4. The van der Waals surface area contributed by atoms with Crippen LogP contribution in [0.25, 0.3) is 11.6 Å². The van der Waals surface area contributed by atoms with E-state index in [0.29, 0.717) is 17.4 Å². The van der Waals surface area contributed by atoms with Gasteiger partial charge in [0.2, 0.25) is 5.88 Å². The van der Waals surface area contributed by atoms with Gasteiger partial charge in [0.05, 0.1) is 0 Å². The van der Waals surface area contributed by atoms with Crippen LogP contribution in [0, 0.1) is 5.92 Å². The third kappa shape index (κ3) is 2.46. The van der Waals surface area contributed by atoms with E-state index in [1.54, 1.807) is 17.0 Å². The van der Waals surface area contributed by atoms with Gasteiger partial charge in [0.15, 0.2) is 5.82 Å². The maximum atomic E-state index is 10.2. The molecule has 108 valence electrons. The van der Waals surface area contributed by atoms with Crippen molar-refractivity contribution in [3.63, 3.8) is 0 Å². The Morgan fingerprint density at radius 1 is 1.38 bits per heavy atom. The first-order chi connectivity index (χ1) is 10.1. The van der Waals surface area contributed by atoms with Crippen LogP contribution in [-0.2, 0) is 13.5 Å². The van der Waals surface area contributed by atoms with Gasteiger partial charge in [-0.3, -0.25) is 0 Å². The van der Waals surface area contributed by atoms with Crippen LogP contribution in [0.15, 0.2) is 23.3 Å². The Kier molecular flexibility index (Phi) is 3.33. The summed E-state index contributed by atoms with van der Waals surface area (Å²) in [6.45, 7) is 4.27. The molecule has 0 aliphatic carbocycles. The maximum absolute atomic E-state index is 10.2. The number of nitrogens with zero attached hydrogens (tertiary/aromatic N) is 4. The van der Waals surface area contributed by atoms with E-state index < -0.39 is 0 Å². The molecule has 0 unspecified atom stereocenters. The highest BCUT2D eigenvalue weighted by molar-refractivity contribution is 6.20. The smallest absolute Gasteiger partial charge is 0.218 e. The van der Waals surface area contributed by atoms with Crippen molar-refractivity contribution < 1.29 is 5.11 Å². The summed E-state index contributed by atoms with van der Waals surface area (Å²) in [4.78, 5) is 13.0. The number of fused-ring (bicyclic) bond motifs is 1. The molecule has 1 N–H and O–H groups in total. The second-order valence-corrected chi connectivity index (χ2v) is 5.63. The van der Waals surface area contributed by atoms with E-state index in [1.807, 2.05) is 25.3 Å². The number of aliphatic imine (C=N–C) groups is 1. The predicted octanol–water partition coefficient (Wildman–Crippen LogP) is 2.98. The Bertz CT molecular complexity index is 741. The fourth-order valence-electron chi connectivity index (χ4n) is 2.39. The molecule has 21 heavy (non-hydrogen) atoms. The van der Waals surface area contributed by atoms with Gasteiger partial charge in [-0.2, -0.15) is 0 Å². The summed E-state index contributed by atoms with van der Waals surface area (Å²) in [5.74, 6) is 2.27. The number of hydrogen-bond donors (Lipinski definition) is 1. The molecular formula is C16H18N4O. The summed E-state index contributed by atoms with van der Waals surface area (Å²) in [6, 6.07) is 3.85. The van der Waals surface area contributed by atoms with E-state index in [-0.39, 0.29) is 5.88 Å². The minimum Gasteiger partial charge on any atom is -0.493 e. The molecular weight excluding hydrogens is 264 g/mol. The van der Waals surface area contributed by atoms with Crippen molar-refractivity contribution in [2.24, 2.45) is 18.0 Å². The summed E-state index contributed by atoms with van der Waals surface area (Å²) in [5, 5.41) is 10.2. The maximum Gasteiger partial charge on any atom is 0.218 e. The van der Waals surface area contributed by atoms with Crippen molar-refractivity contribution >= 4 is 23.7 Å². The highest BCUT2D eigenvalue weighted by Crippen LogP contribution is 2.31. The minimum absolute atomic E-state index is 0.184. The quantitative estimate of drug-likeness (QED) is 0.941. The van der Waals surface area contributed by atoms with Crippen molar-refractivity contribution in [3.05, 3.63) is 35.4 Å². The summed E-state index contributed by atoms with van der Waals surface area (Å²) >= 11 is 0. The molecule has 5 nitrogen and oxygen atoms in total. The van der Waals surface area contributed by atoms with Crippen LogP contribution in [0.2, 0.25) is 0 Å². The molecule has 0 aromatic carbocycles. The third-order valence-corrected chi connectivity index (χ3v) is 3.49. The topological polar surface area (TPSA) is 63.3 Å². The lowest BCUT2D eigenvalue weighted by Gasteiger charge is -2.03. The first kappa shape index (κ1) is 13.5. The molecule has 0 amide bonds. The van der Waals surface area contributed by atoms with Crippen LogP contribution in [-0.4, -0.2) is 25.9 Å². The molecule has 0 bridgehead atoms. The SMILES string of the molecule is CC(C)Cc1nc(/C=C2/C=Nc3ncccc32)c(O)n1C. The lowest BCUT2D eigenvalue weighted by Crippen LogP contribution is -2.02. The number of pyridine rings is 1. The first-order valence-electron chi connectivity index (χ1n) is 7.02. The molecule has 0 spiro atoms. The number of rotatable bonds is 3. The van der Waals surface area contributed by atoms with Crippen LogP contribution in [0.1, 0.15) is 30.9 Å². The Morgan fingerprint density at radius 3 is 2.95 bits per heavy atom. The molecule has 2 aromatic rings. The van der Waals surface area contributed by atoms with Crippen LogP contribution in [0.3, 0.4) is 0 Å². The Balaban J connectivity index is 2.00. The van der Waals surface area contributed by atoms with Crippen molar-refractivity contribution in [2.45, 2.75) is 20.3 Å². The molecule has 0 atom stereocenters. The molecule has 0 radical (unpaired) electrons. The summed E-state index contributed by atoms with van der Waals surface area (Å²) in [6.07, 6.45) is 6.17. The Labute approximate surface area is 123 Å². The fraction of sp³-hybridized carbons (Fsp3) is 0.312. The molecule has 1 aliphatic heterocycles. The van der Waals surface area contributed by atoms with Crippen molar-refractivity contribution in [2.75, 3.05) is 0 Å². The van der Waals surface area contributed by atoms with Crippen molar-refractivity contribution in [1.29, 1.82) is 0 Å². The summed E-state index contributed by atoms with van der Waals surface area (Å²) < 4.78 is 1.74. The monoisotopic (exact) mass is 282 g/mol. The molecule has 0 saturated heterocycles. The normalized spacial score (nSPS) is 15.1. The molecule has 3 heterocycles. The van der Waals surface area contributed by atoms with Gasteiger partial charge in [-0.1, -0.05) is 13.8 Å². The van der Waals surface area contributed by atoms with Crippen molar-refractivity contribution in [1.82, 2.24) is 14.5 Å². The van der Waals surface area contributed by atoms with Gasteiger partial charge in [0.1, 0.15) is 11.5 Å². The summed E-state index contributed by atoms with van der Waals surface area (Å²) in [5.41, 5.74) is 2.46. The standard InChI is InChI=1S/C16H18N4O/c1-10(2)7-14-19-13(16(21)20(14)3)8-11-9-18-15-12(11)5-4-6-17-15/h4-6,8-10,21H,7H2,1-3H3/b11-8-. The van der Waals surface area contributed by atoms with Gasteiger partial charge < -0.3 is 9.67 Å². The second kappa shape index (κ2) is 5.16. The van der Waals surface area contributed by atoms with Gasteiger partial charge in [-0.25, -0.2) is 15.0 Å². The molecule has 0 saturated carbocycles. The molecule has 1 aliphatic rings. The highest BCUT2D eigenvalue weighted by atomic mass is 16.3. The van der Waals surface area contributed by atoms with Crippen LogP contribution >= 0.6 is 0 Å². The average molecular weight is 282 g/mol. The predicted molar refractivity (Wildman–Crippen MR) is 83.7 cm³/mol. The number of aromatic nitrogens is 3. The molecule has 0 fully saturated rings. The lowest BCUT2D eigenvalue weighted by molar-refractivity contribution is 0.425. The highest BCUT2D eigenvalue weighted by Gasteiger charge is 2.17. The largest absolute Gasteiger partial charge is 0.493 e. The van der Waals surface area contributed by atoms with Crippen molar-refractivity contribution in [3.8, 4) is 5.88 Å². The number of hydrogen-bond acceptors (Lipinski definition) is 4. The van der Waals surface area contributed by atoms with Crippen LogP contribution in [0.4, 0.5) is 5.82 Å². The zero-order chi connectivity index (χ0) is 15.0. The molecule has 2 aromatic heterocycles. The van der Waals surface area contributed by atoms with Gasteiger partial charge in [-0.05, 0) is 24.1 Å². The van der Waals surface area contributed by atoms with Gasteiger partial charge in [-0.15, -0.1) is 0 Å². The van der Waals surface area contributed by atoms with Gasteiger partial charge in [0.25, 0.3) is 0 Å². The number of allylic oxidation sites excluding steroid dienone is 1. The van der Waals surface area contributed by atoms with E-state index in [0.717, 1.165) is 23.4 Å². The number of imidazole rings is 1.